The standard InChI is InChI=1S/C24H17Cl2NO5/c1-30-19-11-10-14(12-17(19)26)23(29)24-22(15-6-2-4-8-18(15)32-24)27-21(28)13-31-20-9-5-3-7-16(20)25/h2-12H,13H2,1H3,(H,27,28). The van der Waals surface area contributed by atoms with Gasteiger partial charge in [0, 0.05) is 10.9 Å². The summed E-state index contributed by atoms with van der Waals surface area (Å²) in [5.74, 6) is -0.103. The second kappa shape index (κ2) is 9.34. The molecule has 0 aliphatic carbocycles. The lowest BCUT2D eigenvalue weighted by molar-refractivity contribution is -0.118. The number of hydrogen-bond acceptors (Lipinski definition) is 5. The van der Waals surface area contributed by atoms with Crippen molar-refractivity contribution in [2.75, 3.05) is 19.0 Å². The summed E-state index contributed by atoms with van der Waals surface area (Å²) in [6, 6.07) is 18.5. The number of rotatable bonds is 7. The number of fused-ring (bicyclic) bond motifs is 1. The molecule has 3 aromatic carbocycles. The lowest BCUT2D eigenvalue weighted by atomic mass is 10.1. The first-order chi connectivity index (χ1) is 15.5. The maximum absolute atomic E-state index is 13.2. The molecule has 0 spiro atoms. The van der Waals surface area contributed by atoms with E-state index in [9.17, 15) is 9.59 Å². The number of methoxy groups -OCH3 is 1. The normalized spacial score (nSPS) is 10.7. The van der Waals surface area contributed by atoms with Crippen molar-refractivity contribution in [2.24, 2.45) is 0 Å². The Bertz CT molecular complexity index is 1310. The van der Waals surface area contributed by atoms with E-state index in [1.165, 1.54) is 13.2 Å². The van der Waals surface area contributed by atoms with Crippen LogP contribution in [0.2, 0.25) is 10.0 Å². The summed E-state index contributed by atoms with van der Waals surface area (Å²) >= 11 is 12.2. The molecule has 32 heavy (non-hydrogen) atoms. The Morgan fingerprint density at radius 3 is 2.44 bits per heavy atom. The van der Waals surface area contributed by atoms with Gasteiger partial charge >= 0.3 is 0 Å². The first-order valence-corrected chi connectivity index (χ1v) is 10.3. The molecule has 0 bridgehead atoms. The first kappa shape index (κ1) is 21.7. The smallest absolute Gasteiger partial charge is 0.262 e. The van der Waals surface area contributed by atoms with E-state index >= 15 is 0 Å². The predicted molar refractivity (Wildman–Crippen MR) is 123 cm³/mol. The maximum Gasteiger partial charge on any atom is 0.262 e. The number of carbonyl (C=O) groups is 2. The van der Waals surface area contributed by atoms with Gasteiger partial charge in [-0.15, -0.1) is 0 Å². The van der Waals surface area contributed by atoms with Crippen LogP contribution in [0.5, 0.6) is 11.5 Å². The highest BCUT2D eigenvalue weighted by Gasteiger charge is 2.24. The Balaban J connectivity index is 1.63. The molecule has 8 heteroatoms. The number of furan rings is 1. The molecule has 1 aromatic heterocycles. The van der Waals surface area contributed by atoms with Crippen molar-refractivity contribution in [1.82, 2.24) is 0 Å². The van der Waals surface area contributed by atoms with Crippen LogP contribution in [-0.4, -0.2) is 25.4 Å². The molecule has 162 valence electrons. The van der Waals surface area contributed by atoms with Crippen molar-refractivity contribution in [3.8, 4) is 11.5 Å². The quantitative estimate of drug-likeness (QED) is 0.336. The molecule has 0 saturated carbocycles. The van der Waals surface area contributed by atoms with Crippen molar-refractivity contribution in [1.29, 1.82) is 0 Å². The van der Waals surface area contributed by atoms with Gasteiger partial charge < -0.3 is 19.2 Å². The van der Waals surface area contributed by atoms with Gasteiger partial charge in [0.05, 0.1) is 22.8 Å². The Labute approximate surface area is 193 Å². The summed E-state index contributed by atoms with van der Waals surface area (Å²) < 4.78 is 16.4. The number of anilines is 1. The maximum atomic E-state index is 13.2. The van der Waals surface area contributed by atoms with Crippen molar-refractivity contribution >= 4 is 51.5 Å². The second-order valence-electron chi connectivity index (χ2n) is 6.75. The van der Waals surface area contributed by atoms with Crippen LogP contribution in [0, 0.1) is 0 Å². The van der Waals surface area contributed by atoms with Crippen LogP contribution in [0.3, 0.4) is 0 Å². The van der Waals surface area contributed by atoms with Gasteiger partial charge in [0.25, 0.3) is 5.91 Å². The summed E-state index contributed by atoms with van der Waals surface area (Å²) in [6.45, 7) is -0.300. The summed E-state index contributed by atoms with van der Waals surface area (Å²) in [5.41, 5.74) is 1.00. The average molecular weight is 470 g/mol. The number of benzene rings is 3. The molecule has 0 unspecified atom stereocenters. The SMILES string of the molecule is COc1ccc(C(=O)c2oc3ccccc3c2NC(=O)COc2ccccc2Cl)cc1Cl. The average Bonchev–Trinajstić information content (AvgIpc) is 3.16. The van der Waals surface area contributed by atoms with Crippen LogP contribution in [0.15, 0.2) is 71.1 Å². The van der Waals surface area contributed by atoms with Crippen LogP contribution < -0.4 is 14.8 Å². The molecule has 4 aromatic rings. The first-order valence-electron chi connectivity index (χ1n) is 9.55. The molecule has 4 rings (SSSR count). The van der Waals surface area contributed by atoms with Gasteiger partial charge in [-0.25, -0.2) is 0 Å². The fourth-order valence-corrected chi connectivity index (χ4v) is 3.60. The zero-order chi connectivity index (χ0) is 22.7. The number of halogens is 2. The summed E-state index contributed by atoms with van der Waals surface area (Å²) in [6.07, 6.45) is 0. The topological polar surface area (TPSA) is 77.8 Å². The fourth-order valence-electron chi connectivity index (χ4n) is 3.15. The van der Waals surface area contributed by atoms with Gasteiger partial charge in [-0.05, 0) is 42.5 Å². The Morgan fingerprint density at radius 1 is 0.938 bits per heavy atom. The minimum Gasteiger partial charge on any atom is -0.495 e. The molecular weight excluding hydrogens is 453 g/mol. The molecular formula is C24H17Cl2NO5. The van der Waals surface area contributed by atoms with Crippen LogP contribution in [-0.2, 0) is 4.79 Å². The van der Waals surface area contributed by atoms with Gasteiger partial charge in [-0.2, -0.15) is 0 Å². The highest BCUT2D eigenvalue weighted by molar-refractivity contribution is 6.33. The molecule has 0 fully saturated rings. The third-order valence-corrected chi connectivity index (χ3v) is 5.28. The van der Waals surface area contributed by atoms with Crippen molar-refractivity contribution < 1.29 is 23.5 Å². The van der Waals surface area contributed by atoms with Gasteiger partial charge in [-0.1, -0.05) is 47.5 Å². The number of ketones is 1. The monoisotopic (exact) mass is 469 g/mol. The number of ether oxygens (including phenoxy) is 2. The molecule has 6 nitrogen and oxygen atoms in total. The molecule has 1 N–H and O–H groups in total. The Hall–Kier alpha value is -3.48. The lowest BCUT2D eigenvalue weighted by Crippen LogP contribution is -2.21. The molecule has 0 atom stereocenters. The van der Waals surface area contributed by atoms with Gasteiger partial charge in [0.2, 0.25) is 5.78 Å². The number of amides is 1. The molecule has 0 aliphatic rings. The van der Waals surface area contributed by atoms with E-state index in [-0.39, 0.29) is 28.6 Å². The predicted octanol–water partition coefficient (Wildman–Crippen LogP) is 6.00. The minimum absolute atomic E-state index is 0.0153. The summed E-state index contributed by atoms with van der Waals surface area (Å²) in [4.78, 5) is 25.8. The van der Waals surface area contributed by atoms with Crippen molar-refractivity contribution in [3.05, 3.63) is 88.1 Å². The second-order valence-corrected chi connectivity index (χ2v) is 7.56. The summed E-state index contributed by atoms with van der Waals surface area (Å²) in [5, 5.41) is 3.99. The number of carbonyl (C=O) groups excluding carboxylic acids is 2. The van der Waals surface area contributed by atoms with E-state index in [4.69, 9.17) is 37.1 Å². The molecule has 1 heterocycles. The highest BCUT2D eigenvalue weighted by Crippen LogP contribution is 2.34. The van der Waals surface area contributed by atoms with E-state index in [1.54, 1.807) is 60.7 Å². The van der Waals surface area contributed by atoms with Gasteiger partial charge in [0.15, 0.2) is 12.4 Å². The zero-order valence-corrected chi connectivity index (χ0v) is 18.4. The van der Waals surface area contributed by atoms with E-state index in [0.29, 0.717) is 27.5 Å². The van der Waals surface area contributed by atoms with Gasteiger partial charge in [-0.3, -0.25) is 9.59 Å². The van der Waals surface area contributed by atoms with Crippen molar-refractivity contribution in [3.63, 3.8) is 0 Å². The van der Waals surface area contributed by atoms with Crippen LogP contribution in [0.1, 0.15) is 16.1 Å². The molecule has 1 amide bonds. The summed E-state index contributed by atoms with van der Waals surface area (Å²) in [7, 11) is 1.49. The number of para-hydroxylation sites is 2. The van der Waals surface area contributed by atoms with Crippen LogP contribution in [0.25, 0.3) is 11.0 Å². The Morgan fingerprint density at radius 2 is 1.69 bits per heavy atom. The Kier molecular flexibility index (Phi) is 6.35. The van der Waals surface area contributed by atoms with Crippen LogP contribution >= 0.6 is 23.2 Å². The van der Waals surface area contributed by atoms with E-state index < -0.39 is 11.7 Å². The van der Waals surface area contributed by atoms with E-state index in [0.717, 1.165) is 0 Å². The highest BCUT2D eigenvalue weighted by atomic mass is 35.5. The lowest BCUT2D eigenvalue weighted by Gasteiger charge is -2.09. The molecule has 0 aliphatic heterocycles. The van der Waals surface area contributed by atoms with E-state index in [1.807, 2.05) is 0 Å². The fraction of sp³-hybridized carbons (Fsp3) is 0.0833. The number of nitrogens with one attached hydrogen (secondary N) is 1. The van der Waals surface area contributed by atoms with Crippen LogP contribution in [0.4, 0.5) is 5.69 Å². The number of hydrogen-bond donors (Lipinski definition) is 1. The largest absolute Gasteiger partial charge is 0.495 e. The molecule has 0 saturated heterocycles. The molecule has 0 radical (unpaired) electrons. The third kappa shape index (κ3) is 4.42. The van der Waals surface area contributed by atoms with E-state index in [2.05, 4.69) is 5.32 Å². The third-order valence-electron chi connectivity index (χ3n) is 4.68. The van der Waals surface area contributed by atoms with Crippen molar-refractivity contribution in [2.45, 2.75) is 0 Å². The zero-order valence-electron chi connectivity index (χ0n) is 16.9. The minimum atomic E-state index is -0.474. The van der Waals surface area contributed by atoms with Gasteiger partial charge in [0.1, 0.15) is 17.1 Å².